The maximum Gasteiger partial charge on any atom is 0.416 e. The summed E-state index contributed by atoms with van der Waals surface area (Å²) in [6.07, 6.45) is -0.511. The van der Waals surface area contributed by atoms with Crippen molar-refractivity contribution in [3.63, 3.8) is 0 Å². The van der Waals surface area contributed by atoms with Crippen LogP contribution in [0.5, 0.6) is 5.75 Å². The minimum Gasteiger partial charge on any atom is -0.489 e. The van der Waals surface area contributed by atoms with Crippen molar-refractivity contribution in [2.75, 3.05) is 0 Å². The topological polar surface area (TPSA) is 46.5 Å². The maximum atomic E-state index is 12.8. The van der Waals surface area contributed by atoms with Crippen LogP contribution in [0.15, 0.2) is 66.7 Å². The normalized spacial score (nSPS) is 15.7. The molecular formula is C27H25F3O3. The molecule has 0 aromatic heterocycles. The smallest absolute Gasteiger partial charge is 0.416 e. The van der Waals surface area contributed by atoms with E-state index in [9.17, 15) is 18.0 Å². The Kier molecular flexibility index (Phi) is 6.72. The molecule has 0 bridgehead atoms. The molecule has 1 aliphatic carbocycles. The second-order valence-electron chi connectivity index (χ2n) is 8.45. The van der Waals surface area contributed by atoms with Crippen molar-refractivity contribution < 1.29 is 27.8 Å². The molecule has 1 N–H and O–H groups in total. The summed E-state index contributed by atoms with van der Waals surface area (Å²) < 4.78 is 44.4. The highest BCUT2D eigenvalue weighted by Crippen LogP contribution is 2.37. The van der Waals surface area contributed by atoms with Crippen molar-refractivity contribution in [3.8, 4) is 16.9 Å². The van der Waals surface area contributed by atoms with Crippen molar-refractivity contribution >= 4 is 5.97 Å². The molecule has 0 amide bonds. The number of aryl methyl sites for hydroxylation is 1. The highest BCUT2D eigenvalue weighted by Gasteiger charge is 2.30. The van der Waals surface area contributed by atoms with Crippen LogP contribution in [0.25, 0.3) is 11.1 Å². The van der Waals surface area contributed by atoms with Crippen LogP contribution in [-0.4, -0.2) is 11.1 Å². The van der Waals surface area contributed by atoms with E-state index in [1.54, 1.807) is 0 Å². The Hall–Kier alpha value is -3.28. The Bertz CT molecular complexity index is 1120. The molecule has 3 aromatic rings. The molecule has 1 atom stereocenters. The lowest BCUT2D eigenvalue weighted by molar-refractivity contribution is -0.138. The Morgan fingerprint density at radius 3 is 2.52 bits per heavy atom. The number of carbonyl (C=O) groups is 1. The number of rotatable bonds is 7. The quantitative estimate of drug-likeness (QED) is 0.409. The summed E-state index contributed by atoms with van der Waals surface area (Å²) in [6.45, 7) is 0.343. The first-order valence-corrected chi connectivity index (χ1v) is 11.0. The monoisotopic (exact) mass is 454 g/mol. The van der Waals surface area contributed by atoms with Gasteiger partial charge in [0.05, 0.1) is 5.56 Å². The summed E-state index contributed by atoms with van der Waals surface area (Å²) in [5.74, 6) is 0.271. The van der Waals surface area contributed by atoms with Gasteiger partial charge in [-0.3, -0.25) is 4.79 Å². The summed E-state index contributed by atoms with van der Waals surface area (Å²) in [5.41, 5.74) is 4.24. The molecule has 0 heterocycles. The van der Waals surface area contributed by atoms with Crippen LogP contribution < -0.4 is 4.74 Å². The van der Waals surface area contributed by atoms with E-state index >= 15 is 0 Å². The molecule has 4 rings (SSSR count). The molecule has 3 aromatic carbocycles. The van der Waals surface area contributed by atoms with E-state index in [0.29, 0.717) is 18.6 Å². The molecule has 0 saturated heterocycles. The van der Waals surface area contributed by atoms with Crippen LogP contribution >= 0.6 is 0 Å². The van der Waals surface area contributed by atoms with Crippen LogP contribution in [-0.2, 0) is 24.0 Å². The number of carboxylic acid groups (broad SMARTS) is 1. The minimum atomic E-state index is -4.35. The van der Waals surface area contributed by atoms with Crippen LogP contribution in [0.3, 0.4) is 0 Å². The number of benzene rings is 3. The van der Waals surface area contributed by atoms with Crippen molar-refractivity contribution in [3.05, 3.63) is 89.0 Å². The van der Waals surface area contributed by atoms with Gasteiger partial charge in [-0.1, -0.05) is 36.4 Å². The van der Waals surface area contributed by atoms with E-state index in [0.717, 1.165) is 48.3 Å². The number of hydrogen-bond donors (Lipinski definition) is 1. The fourth-order valence-electron chi connectivity index (χ4n) is 4.44. The maximum absolute atomic E-state index is 12.8. The van der Waals surface area contributed by atoms with Gasteiger partial charge < -0.3 is 9.84 Å². The second-order valence-corrected chi connectivity index (χ2v) is 8.45. The lowest BCUT2D eigenvalue weighted by atomic mass is 9.80. The van der Waals surface area contributed by atoms with Gasteiger partial charge in [0.25, 0.3) is 0 Å². The van der Waals surface area contributed by atoms with Crippen molar-refractivity contribution in [2.45, 2.75) is 50.8 Å². The summed E-state index contributed by atoms with van der Waals surface area (Å²) in [5, 5.41) is 8.99. The highest BCUT2D eigenvalue weighted by molar-refractivity contribution is 5.67. The first-order chi connectivity index (χ1) is 15.8. The van der Waals surface area contributed by atoms with Gasteiger partial charge in [-0.25, -0.2) is 0 Å². The molecule has 0 spiro atoms. The van der Waals surface area contributed by atoms with Crippen LogP contribution in [0, 0.1) is 0 Å². The van der Waals surface area contributed by atoms with Crippen molar-refractivity contribution in [1.29, 1.82) is 0 Å². The van der Waals surface area contributed by atoms with E-state index in [4.69, 9.17) is 9.84 Å². The molecule has 6 heteroatoms. The van der Waals surface area contributed by atoms with Crippen LogP contribution in [0.4, 0.5) is 13.2 Å². The largest absolute Gasteiger partial charge is 0.489 e. The molecule has 0 fully saturated rings. The second kappa shape index (κ2) is 9.69. The summed E-state index contributed by atoms with van der Waals surface area (Å²) in [6, 6.07) is 18.7. The SMILES string of the molecule is O=C(O)CCC1CCCc2cc(OCc3cccc(-c4ccc(C(F)(F)F)cc4)c3)ccc21. The lowest BCUT2D eigenvalue weighted by Gasteiger charge is -2.25. The van der Waals surface area contributed by atoms with Gasteiger partial charge >= 0.3 is 12.1 Å². The first kappa shape index (κ1) is 22.9. The van der Waals surface area contributed by atoms with Gasteiger partial charge in [0, 0.05) is 6.42 Å². The number of alkyl halides is 3. The number of carboxylic acids is 1. The summed E-state index contributed by atoms with van der Waals surface area (Å²) in [4.78, 5) is 10.9. The number of ether oxygens (including phenoxy) is 1. The zero-order valence-corrected chi connectivity index (χ0v) is 18.1. The molecule has 1 aliphatic rings. The number of halogens is 3. The first-order valence-electron chi connectivity index (χ1n) is 11.0. The van der Waals surface area contributed by atoms with Crippen molar-refractivity contribution in [1.82, 2.24) is 0 Å². The zero-order chi connectivity index (χ0) is 23.4. The fraction of sp³-hybridized carbons (Fsp3) is 0.296. The standard InChI is InChI=1S/C27H25F3O3/c28-27(29,30)23-10-7-19(8-11-23)21-5-1-3-18(15-21)17-33-24-12-13-25-20(9-14-26(31)32)4-2-6-22(25)16-24/h1,3,5,7-8,10-13,15-16,20H,2,4,6,9,14,17H2,(H,31,32). The molecule has 33 heavy (non-hydrogen) atoms. The molecule has 0 aliphatic heterocycles. The molecule has 0 radical (unpaired) electrons. The molecular weight excluding hydrogens is 429 g/mol. The zero-order valence-electron chi connectivity index (χ0n) is 18.1. The lowest BCUT2D eigenvalue weighted by Crippen LogP contribution is -2.11. The third-order valence-electron chi connectivity index (χ3n) is 6.14. The van der Waals surface area contributed by atoms with E-state index < -0.39 is 17.7 Å². The predicted octanol–water partition coefficient (Wildman–Crippen LogP) is 7.24. The third-order valence-corrected chi connectivity index (χ3v) is 6.14. The van der Waals surface area contributed by atoms with E-state index in [1.807, 2.05) is 36.4 Å². The van der Waals surface area contributed by atoms with Gasteiger partial charge in [-0.05, 0) is 89.8 Å². The van der Waals surface area contributed by atoms with E-state index in [1.165, 1.54) is 23.3 Å². The number of aliphatic carboxylic acids is 1. The van der Waals surface area contributed by atoms with Crippen LogP contribution in [0.2, 0.25) is 0 Å². The van der Waals surface area contributed by atoms with Crippen LogP contribution in [0.1, 0.15) is 53.9 Å². The third kappa shape index (κ3) is 5.75. The number of fused-ring (bicyclic) bond motifs is 1. The van der Waals surface area contributed by atoms with E-state index in [-0.39, 0.29) is 12.3 Å². The fourth-order valence-corrected chi connectivity index (χ4v) is 4.44. The van der Waals surface area contributed by atoms with Crippen molar-refractivity contribution in [2.24, 2.45) is 0 Å². The highest BCUT2D eigenvalue weighted by atomic mass is 19.4. The van der Waals surface area contributed by atoms with Gasteiger partial charge in [0.15, 0.2) is 0 Å². The Morgan fingerprint density at radius 2 is 1.79 bits per heavy atom. The van der Waals surface area contributed by atoms with Gasteiger partial charge in [0.2, 0.25) is 0 Å². The van der Waals surface area contributed by atoms with Gasteiger partial charge in [-0.2, -0.15) is 13.2 Å². The Balaban J connectivity index is 1.43. The molecule has 3 nitrogen and oxygen atoms in total. The molecule has 172 valence electrons. The Labute approximate surface area is 190 Å². The molecule has 0 saturated carbocycles. The van der Waals surface area contributed by atoms with Gasteiger partial charge in [0.1, 0.15) is 12.4 Å². The predicted molar refractivity (Wildman–Crippen MR) is 120 cm³/mol. The average molecular weight is 454 g/mol. The summed E-state index contributed by atoms with van der Waals surface area (Å²) >= 11 is 0. The van der Waals surface area contributed by atoms with E-state index in [2.05, 4.69) is 6.07 Å². The van der Waals surface area contributed by atoms with Gasteiger partial charge in [-0.15, -0.1) is 0 Å². The molecule has 1 unspecified atom stereocenters. The summed E-state index contributed by atoms with van der Waals surface area (Å²) in [7, 11) is 0. The number of hydrogen-bond acceptors (Lipinski definition) is 2. The average Bonchev–Trinajstić information content (AvgIpc) is 2.81. The Morgan fingerprint density at radius 1 is 1.00 bits per heavy atom. The minimum absolute atomic E-state index is 0.178.